The van der Waals surface area contributed by atoms with Crippen molar-refractivity contribution in [1.82, 2.24) is 0 Å². The van der Waals surface area contributed by atoms with Crippen molar-refractivity contribution in [2.45, 2.75) is 26.7 Å². The standard InChI is InChI=1S/C6H13O3S/c1-6(2)4-3-5-10(7,8)9/h6H,3-5H2,1-2H3. The molecule has 0 rings (SSSR count). The van der Waals surface area contributed by atoms with Crippen LogP contribution in [0.25, 0.3) is 0 Å². The number of hydrogen-bond acceptors (Lipinski definition) is 2. The molecule has 0 spiro atoms. The average molecular weight is 165 g/mol. The molecule has 0 heterocycles. The van der Waals surface area contributed by atoms with E-state index in [-0.39, 0.29) is 5.75 Å². The van der Waals surface area contributed by atoms with Crippen LogP contribution in [0.3, 0.4) is 0 Å². The van der Waals surface area contributed by atoms with Crippen molar-refractivity contribution in [3.8, 4) is 0 Å². The zero-order valence-electron chi connectivity index (χ0n) is 6.33. The van der Waals surface area contributed by atoms with E-state index in [1.165, 1.54) is 0 Å². The molecule has 0 aliphatic carbocycles. The van der Waals surface area contributed by atoms with Crippen molar-refractivity contribution in [2.24, 2.45) is 5.92 Å². The van der Waals surface area contributed by atoms with Gasteiger partial charge in [0.2, 0.25) is 0 Å². The van der Waals surface area contributed by atoms with Crippen LogP contribution in [0.15, 0.2) is 0 Å². The first-order valence-corrected chi connectivity index (χ1v) is 4.93. The number of hydrogen-bond donors (Lipinski definition) is 0. The maximum Gasteiger partial charge on any atom is 0.294 e. The molecular formula is C6H13O3S. The lowest BCUT2D eigenvalue weighted by molar-refractivity contribution is 0.410. The molecule has 3 nitrogen and oxygen atoms in total. The second-order valence-corrected chi connectivity index (χ2v) is 4.32. The molecule has 0 aromatic heterocycles. The van der Waals surface area contributed by atoms with Crippen LogP contribution >= 0.6 is 0 Å². The summed E-state index contributed by atoms with van der Waals surface area (Å²) in [6.07, 6.45) is 1.30. The summed E-state index contributed by atoms with van der Waals surface area (Å²) in [4.78, 5) is 0. The van der Waals surface area contributed by atoms with Gasteiger partial charge in [0.15, 0.2) is 0 Å². The fraction of sp³-hybridized carbons (Fsp3) is 1.00. The van der Waals surface area contributed by atoms with Crippen molar-refractivity contribution in [1.29, 1.82) is 0 Å². The minimum atomic E-state index is -3.97. The summed E-state index contributed by atoms with van der Waals surface area (Å²) < 4.78 is 30.2. The third kappa shape index (κ3) is 7.91. The molecule has 61 valence electrons. The quantitative estimate of drug-likeness (QED) is 0.628. The Hall–Kier alpha value is -0.0900. The van der Waals surface area contributed by atoms with Crippen molar-refractivity contribution >= 4 is 10.1 Å². The summed E-state index contributed by atoms with van der Waals surface area (Å²) in [7, 11) is -3.97. The fourth-order valence-electron chi connectivity index (χ4n) is 0.668. The highest BCUT2D eigenvalue weighted by Gasteiger charge is 2.05. The predicted molar refractivity (Wildman–Crippen MR) is 38.5 cm³/mol. The highest BCUT2D eigenvalue weighted by Crippen LogP contribution is 2.04. The second kappa shape index (κ2) is 3.93. The Morgan fingerprint density at radius 2 is 1.80 bits per heavy atom. The summed E-state index contributed by atoms with van der Waals surface area (Å²) in [5.41, 5.74) is 0. The summed E-state index contributed by atoms with van der Waals surface area (Å²) in [6.45, 7) is 3.99. The van der Waals surface area contributed by atoms with Crippen molar-refractivity contribution < 1.29 is 13.0 Å². The van der Waals surface area contributed by atoms with E-state index in [4.69, 9.17) is 0 Å². The lowest BCUT2D eigenvalue weighted by Crippen LogP contribution is -2.03. The molecule has 4 heteroatoms. The largest absolute Gasteiger partial charge is 0.294 e. The molecule has 0 fully saturated rings. The van der Waals surface area contributed by atoms with Crippen LogP contribution in [0.1, 0.15) is 26.7 Å². The van der Waals surface area contributed by atoms with E-state index < -0.39 is 10.1 Å². The highest BCUT2D eigenvalue weighted by atomic mass is 32.2. The molecule has 0 amide bonds. The van der Waals surface area contributed by atoms with E-state index in [1.54, 1.807) is 0 Å². The third-order valence-electron chi connectivity index (χ3n) is 1.18. The fourth-order valence-corrected chi connectivity index (χ4v) is 1.19. The van der Waals surface area contributed by atoms with Gasteiger partial charge in [-0.3, -0.25) is 0 Å². The molecule has 0 saturated carbocycles. The Morgan fingerprint density at radius 3 is 2.10 bits per heavy atom. The zero-order chi connectivity index (χ0) is 8.20. The summed E-state index contributed by atoms with van der Waals surface area (Å²) in [5.74, 6) is 0.257. The molecule has 0 aliphatic heterocycles. The lowest BCUT2D eigenvalue weighted by Gasteiger charge is -2.00. The van der Waals surface area contributed by atoms with Gasteiger partial charge in [-0.1, -0.05) is 18.4 Å². The van der Waals surface area contributed by atoms with E-state index in [0.717, 1.165) is 6.42 Å². The van der Waals surface area contributed by atoms with Gasteiger partial charge in [0.05, 0.1) is 5.75 Å². The van der Waals surface area contributed by atoms with Gasteiger partial charge < -0.3 is 0 Å². The monoisotopic (exact) mass is 165 g/mol. The van der Waals surface area contributed by atoms with E-state index in [2.05, 4.69) is 0 Å². The molecule has 0 unspecified atom stereocenters. The van der Waals surface area contributed by atoms with Gasteiger partial charge in [-0.05, 0) is 18.8 Å². The molecule has 0 aliphatic rings. The molecule has 0 bridgehead atoms. The lowest BCUT2D eigenvalue weighted by atomic mass is 10.1. The Balaban J connectivity index is 3.39. The Morgan fingerprint density at radius 1 is 1.30 bits per heavy atom. The minimum Gasteiger partial charge on any atom is -0.197 e. The molecule has 1 radical (unpaired) electrons. The second-order valence-electron chi connectivity index (χ2n) is 2.80. The summed E-state index contributed by atoms with van der Waals surface area (Å²) in [5, 5.41) is 0. The topological polar surface area (TPSA) is 54.0 Å². The number of rotatable bonds is 4. The van der Waals surface area contributed by atoms with Crippen LogP contribution in [0.4, 0.5) is 0 Å². The first-order valence-electron chi connectivity index (χ1n) is 3.35. The third-order valence-corrected chi connectivity index (χ3v) is 1.96. The maximum atomic E-state index is 10.1. The molecule has 0 aromatic carbocycles. The van der Waals surface area contributed by atoms with Crippen LogP contribution in [0.2, 0.25) is 0 Å². The van der Waals surface area contributed by atoms with Gasteiger partial charge in [0, 0.05) is 0 Å². The van der Waals surface area contributed by atoms with Crippen LogP contribution in [0.5, 0.6) is 0 Å². The van der Waals surface area contributed by atoms with Crippen molar-refractivity contribution in [3.63, 3.8) is 0 Å². The van der Waals surface area contributed by atoms with E-state index in [9.17, 15) is 13.0 Å². The first-order chi connectivity index (χ1) is 4.42. The molecule has 0 atom stereocenters. The molecule has 0 aromatic rings. The van der Waals surface area contributed by atoms with Crippen molar-refractivity contribution in [2.75, 3.05) is 5.75 Å². The zero-order valence-corrected chi connectivity index (χ0v) is 7.15. The van der Waals surface area contributed by atoms with Gasteiger partial charge in [-0.2, -0.15) is 8.42 Å². The molecule has 0 N–H and O–H groups in total. The Bertz CT molecular complexity index is 169. The van der Waals surface area contributed by atoms with Gasteiger partial charge in [-0.25, -0.2) is 0 Å². The van der Waals surface area contributed by atoms with E-state index in [0.29, 0.717) is 12.3 Å². The Kier molecular flexibility index (Phi) is 3.89. The van der Waals surface area contributed by atoms with Gasteiger partial charge >= 0.3 is 0 Å². The van der Waals surface area contributed by atoms with Crippen LogP contribution in [-0.4, -0.2) is 14.2 Å². The van der Waals surface area contributed by atoms with Crippen molar-refractivity contribution in [3.05, 3.63) is 0 Å². The van der Waals surface area contributed by atoms with Crippen LogP contribution in [0, 0.1) is 5.92 Å². The molecule has 0 saturated heterocycles. The molecular weight excluding hydrogens is 152 g/mol. The minimum absolute atomic E-state index is 0.217. The highest BCUT2D eigenvalue weighted by molar-refractivity contribution is 7.85. The normalized spacial score (nSPS) is 12.4. The Labute approximate surface area is 62.2 Å². The summed E-state index contributed by atoms with van der Waals surface area (Å²) in [6, 6.07) is 0. The van der Waals surface area contributed by atoms with E-state index >= 15 is 0 Å². The van der Waals surface area contributed by atoms with Crippen LogP contribution < -0.4 is 0 Å². The van der Waals surface area contributed by atoms with Gasteiger partial charge in [0.1, 0.15) is 0 Å². The van der Waals surface area contributed by atoms with Gasteiger partial charge in [-0.15, -0.1) is 0 Å². The van der Waals surface area contributed by atoms with Gasteiger partial charge in [0.25, 0.3) is 10.1 Å². The van der Waals surface area contributed by atoms with Crippen LogP contribution in [-0.2, 0) is 14.7 Å². The molecule has 10 heavy (non-hydrogen) atoms. The maximum absolute atomic E-state index is 10.1. The average Bonchev–Trinajstić information content (AvgIpc) is 1.59. The predicted octanol–water partition coefficient (Wildman–Crippen LogP) is 1.18. The SMILES string of the molecule is CC(C)CCCS([O])(=O)=O. The van der Waals surface area contributed by atoms with E-state index in [1.807, 2.05) is 13.8 Å². The first kappa shape index (κ1) is 9.91. The summed E-state index contributed by atoms with van der Waals surface area (Å²) >= 11 is 0. The smallest absolute Gasteiger partial charge is 0.197 e.